The van der Waals surface area contributed by atoms with Crippen molar-refractivity contribution in [3.8, 4) is 0 Å². The summed E-state index contributed by atoms with van der Waals surface area (Å²) in [6.45, 7) is 9.20. The van der Waals surface area contributed by atoms with Crippen LogP contribution in [0.5, 0.6) is 0 Å². The number of likely N-dealkylation sites (tertiary alicyclic amines) is 1. The van der Waals surface area contributed by atoms with Gasteiger partial charge in [0.05, 0.1) is 5.25 Å². The van der Waals surface area contributed by atoms with Gasteiger partial charge in [0, 0.05) is 13.1 Å². The maximum absolute atomic E-state index is 13.2. The van der Waals surface area contributed by atoms with E-state index >= 15 is 0 Å². The van der Waals surface area contributed by atoms with Crippen molar-refractivity contribution in [3.05, 3.63) is 0 Å². The van der Waals surface area contributed by atoms with E-state index in [-0.39, 0.29) is 17.1 Å². The molecule has 6 heteroatoms. The fourth-order valence-electron chi connectivity index (χ4n) is 4.29. The molecule has 1 atom stereocenters. The predicted octanol–water partition coefficient (Wildman–Crippen LogP) is 2.61. The first-order valence-corrected chi connectivity index (χ1v) is 11.7. The number of amides is 1. The van der Waals surface area contributed by atoms with Crippen molar-refractivity contribution in [2.45, 2.75) is 76.2 Å². The molecule has 1 saturated heterocycles. The SMILES string of the molecule is CCNCC1CCN(C(=O)C(C(C)C)S(=O)(=O)C2CCCCC2)CC1. The molecule has 1 amide bonds. The molecule has 5 nitrogen and oxygen atoms in total. The van der Waals surface area contributed by atoms with Crippen LogP contribution in [-0.4, -0.2) is 55.9 Å². The molecule has 1 saturated carbocycles. The highest BCUT2D eigenvalue weighted by atomic mass is 32.2. The highest BCUT2D eigenvalue weighted by molar-refractivity contribution is 7.93. The zero-order chi connectivity index (χ0) is 18.4. The Balaban J connectivity index is 2.03. The van der Waals surface area contributed by atoms with Crippen LogP contribution in [0.15, 0.2) is 0 Å². The summed E-state index contributed by atoms with van der Waals surface area (Å²) in [4.78, 5) is 14.9. The number of hydrogen-bond acceptors (Lipinski definition) is 4. The van der Waals surface area contributed by atoms with E-state index in [2.05, 4.69) is 12.2 Å². The highest BCUT2D eigenvalue weighted by Crippen LogP contribution is 2.30. The second-order valence-corrected chi connectivity index (χ2v) is 10.4. The van der Waals surface area contributed by atoms with Crippen molar-refractivity contribution >= 4 is 15.7 Å². The van der Waals surface area contributed by atoms with Crippen LogP contribution in [0.2, 0.25) is 0 Å². The van der Waals surface area contributed by atoms with Crippen molar-refractivity contribution in [1.82, 2.24) is 10.2 Å². The van der Waals surface area contributed by atoms with Crippen LogP contribution in [0, 0.1) is 11.8 Å². The Labute approximate surface area is 153 Å². The number of piperidine rings is 1. The Morgan fingerprint density at radius 3 is 2.20 bits per heavy atom. The van der Waals surface area contributed by atoms with Gasteiger partial charge in [0.2, 0.25) is 5.91 Å². The van der Waals surface area contributed by atoms with E-state index in [1.54, 1.807) is 0 Å². The van der Waals surface area contributed by atoms with Gasteiger partial charge in [-0.3, -0.25) is 4.79 Å². The molecule has 1 unspecified atom stereocenters. The smallest absolute Gasteiger partial charge is 0.241 e. The number of rotatable bonds is 7. The first kappa shape index (κ1) is 20.7. The lowest BCUT2D eigenvalue weighted by atomic mass is 9.96. The Morgan fingerprint density at radius 1 is 1.08 bits per heavy atom. The van der Waals surface area contributed by atoms with Crippen molar-refractivity contribution in [1.29, 1.82) is 0 Å². The largest absolute Gasteiger partial charge is 0.342 e. The van der Waals surface area contributed by atoms with Gasteiger partial charge in [-0.25, -0.2) is 8.42 Å². The van der Waals surface area contributed by atoms with Crippen LogP contribution in [-0.2, 0) is 14.6 Å². The van der Waals surface area contributed by atoms with Gasteiger partial charge < -0.3 is 10.2 Å². The van der Waals surface area contributed by atoms with E-state index < -0.39 is 15.1 Å². The van der Waals surface area contributed by atoms with Gasteiger partial charge in [-0.05, 0) is 50.6 Å². The molecule has 0 aromatic heterocycles. The van der Waals surface area contributed by atoms with Crippen LogP contribution in [0.1, 0.15) is 65.7 Å². The summed E-state index contributed by atoms with van der Waals surface area (Å²) in [5.74, 6) is 0.276. The Hall–Kier alpha value is -0.620. The van der Waals surface area contributed by atoms with E-state index in [0.717, 1.165) is 58.0 Å². The highest BCUT2D eigenvalue weighted by Gasteiger charge is 2.43. The van der Waals surface area contributed by atoms with Gasteiger partial charge in [0.25, 0.3) is 0 Å². The minimum atomic E-state index is -3.40. The van der Waals surface area contributed by atoms with Gasteiger partial charge in [-0.15, -0.1) is 0 Å². The molecule has 0 aromatic carbocycles. The summed E-state index contributed by atoms with van der Waals surface area (Å²) < 4.78 is 26.3. The zero-order valence-electron chi connectivity index (χ0n) is 16.2. The number of nitrogens with one attached hydrogen (secondary N) is 1. The van der Waals surface area contributed by atoms with Gasteiger partial charge in [0.15, 0.2) is 9.84 Å². The molecular weight excluding hydrogens is 336 g/mol. The topological polar surface area (TPSA) is 66.5 Å². The maximum Gasteiger partial charge on any atom is 0.241 e. The van der Waals surface area contributed by atoms with Crippen LogP contribution in [0.3, 0.4) is 0 Å². The monoisotopic (exact) mass is 372 g/mol. The zero-order valence-corrected chi connectivity index (χ0v) is 17.0. The van der Waals surface area contributed by atoms with Crippen molar-refractivity contribution < 1.29 is 13.2 Å². The Bertz CT molecular complexity index is 519. The van der Waals surface area contributed by atoms with E-state index in [4.69, 9.17) is 0 Å². The third-order valence-electron chi connectivity index (χ3n) is 5.83. The third-order valence-corrected chi connectivity index (χ3v) is 8.68. The molecule has 1 N–H and O–H groups in total. The summed E-state index contributed by atoms with van der Waals surface area (Å²) in [6.07, 6.45) is 6.44. The first-order valence-electron chi connectivity index (χ1n) is 10.1. The van der Waals surface area contributed by atoms with E-state index in [0.29, 0.717) is 19.0 Å². The normalized spacial score (nSPS) is 22.3. The molecule has 1 aliphatic carbocycles. The maximum atomic E-state index is 13.2. The molecule has 2 fully saturated rings. The molecule has 1 aliphatic heterocycles. The first-order chi connectivity index (χ1) is 11.9. The van der Waals surface area contributed by atoms with Crippen LogP contribution >= 0.6 is 0 Å². The molecule has 0 radical (unpaired) electrons. The van der Waals surface area contributed by atoms with Gasteiger partial charge in [-0.2, -0.15) is 0 Å². The van der Waals surface area contributed by atoms with E-state index in [9.17, 15) is 13.2 Å². The second-order valence-electron chi connectivity index (χ2n) is 8.09. The fraction of sp³-hybridized carbons (Fsp3) is 0.947. The molecule has 25 heavy (non-hydrogen) atoms. The molecule has 1 heterocycles. The third kappa shape index (κ3) is 5.19. The average Bonchev–Trinajstić information content (AvgIpc) is 2.60. The summed E-state index contributed by atoms with van der Waals surface area (Å²) >= 11 is 0. The number of carbonyl (C=O) groups excluding carboxylic acids is 1. The molecule has 146 valence electrons. The minimum absolute atomic E-state index is 0.150. The van der Waals surface area contributed by atoms with E-state index in [1.807, 2.05) is 18.7 Å². The molecule has 2 rings (SSSR count). The molecule has 2 aliphatic rings. The summed E-state index contributed by atoms with van der Waals surface area (Å²) in [7, 11) is -3.40. The van der Waals surface area contributed by atoms with Gasteiger partial charge in [0.1, 0.15) is 5.25 Å². The van der Waals surface area contributed by atoms with Crippen LogP contribution in [0.25, 0.3) is 0 Å². The Morgan fingerprint density at radius 2 is 1.68 bits per heavy atom. The van der Waals surface area contributed by atoms with Crippen LogP contribution < -0.4 is 5.32 Å². The molecule has 0 aromatic rings. The summed E-state index contributed by atoms with van der Waals surface area (Å²) in [6, 6.07) is 0. The predicted molar refractivity (Wildman–Crippen MR) is 102 cm³/mol. The molecule has 0 bridgehead atoms. The average molecular weight is 373 g/mol. The fourth-order valence-corrected chi connectivity index (χ4v) is 6.89. The number of hydrogen-bond donors (Lipinski definition) is 1. The second kappa shape index (κ2) is 9.36. The quantitative estimate of drug-likeness (QED) is 0.746. The number of nitrogens with zero attached hydrogens (tertiary/aromatic N) is 1. The lowest BCUT2D eigenvalue weighted by molar-refractivity contribution is -0.132. The standard InChI is InChI=1S/C19H36N2O3S/c1-4-20-14-16-10-12-21(13-11-16)19(22)18(15(2)3)25(23,24)17-8-6-5-7-9-17/h15-18,20H,4-14H2,1-3H3. The van der Waals surface area contributed by atoms with Crippen molar-refractivity contribution in [3.63, 3.8) is 0 Å². The van der Waals surface area contributed by atoms with Crippen molar-refractivity contribution in [2.24, 2.45) is 11.8 Å². The molecule has 0 spiro atoms. The van der Waals surface area contributed by atoms with Gasteiger partial charge >= 0.3 is 0 Å². The Kier molecular flexibility index (Phi) is 7.74. The van der Waals surface area contributed by atoms with E-state index in [1.165, 1.54) is 0 Å². The summed E-state index contributed by atoms with van der Waals surface area (Å²) in [5.41, 5.74) is 0. The number of sulfone groups is 1. The lowest BCUT2D eigenvalue weighted by Gasteiger charge is -2.36. The summed E-state index contributed by atoms with van der Waals surface area (Å²) in [5, 5.41) is 2.19. The van der Waals surface area contributed by atoms with Crippen molar-refractivity contribution in [2.75, 3.05) is 26.2 Å². The lowest BCUT2D eigenvalue weighted by Crippen LogP contribution is -2.51. The number of carbonyl (C=O) groups is 1. The van der Waals surface area contributed by atoms with Crippen LogP contribution in [0.4, 0.5) is 0 Å². The minimum Gasteiger partial charge on any atom is -0.342 e. The molecular formula is C19H36N2O3S. The van der Waals surface area contributed by atoms with Gasteiger partial charge in [-0.1, -0.05) is 40.0 Å².